The third kappa shape index (κ3) is 2.91. The first-order chi connectivity index (χ1) is 9.47. The normalized spacial score (nSPS) is 17.6. The molecule has 0 aliphatic carbocycles. The van der Waals surface area contributed by atoms with Gasteiger partial charge in [-0.2, -0.15) is 0 Å². The number of benzene rings is 1. The zero-order chi connectivity index (χ0) is 14.9. The Balaban J connectivity index is 2.43. The molecule has 1 unspecified atom stereocenters. The molecule has 0 saturated heterocycles. The molecule has 2 rings (SSSR count). The van der Waals surface area contributed by atoms with Crippen molar-refractivity contribution in [3.8, 4) is 5.75 Å². The molecule has 20 heavy (non-hydrogen) atoms. The third-order valence-corrected chi connectivity index (χ3v) is 4.17. The number of aliphatic hydroxyl groups is 1. The Labute approximate surface area is 132 Å². The van der Waals surface area contributed by atoms with Crippen molar-refractivity contribution in [2.45, 2.75) is 12.5 Å². The molecular formula is C13H13Cl2NO3S. The largest absolute Gasteiger partial charge is 0.486 e. The minimum Gasteiger partial charge on any atom is -0.486 e. The van der Waals surface area contributed by atoms with Gasteiger partial charge in [0, 0.05) is 30.7 Å². The Morgan fingerprint density at radius 2 is 2.30 bits per heavy atom. The number of thiol groups is 1. The molecule has 1 aliphatic heterocycles. The van der Waals surface area contributed by atoms with Crippen molar-refractivity contribution >= 4 is 41.6 Å². The van der Waals surface area contributed by atoms with Gasteiger partial charge in [0.2, 0.25) is 0 Å². The second kappa shape index (κ2) is 6.26. The van der Waals surface area contributed by atoms with Gasteiger partial charge in [-0.25, -0.2) is 0 Å². The predicted octanol–water partition coefficient (Wildman–Crippen LogP) is 2.46. The number of hydrogen-bond donors (Lipinski definition) is 3. The summed E-state index contributed by atoms with van der Waals surface area (Å²) in [6, 6.07) is 1.65. The van der Waals surface area contributed by atoms with E-state index >= 15 is 0 Å². The third-order valence-electron chi connectivity index (χ3n) is 2.96. The highest BCUT2D eigenvalue weighted by atomic mass is 35.5. The quantitative estimate of drug-likeness (QED) is 0.450. The maximum atomic E-state index is 12.1. The second-order valence-electron chi connectivity index (χ2n) is 4.31. The highest BCUT2D eigenvalue weighted by molar-refractivity contribution is 7.84. The Kier molecular flexibility index (Phi) is 4.86. The van der Waals surface area contributed by atoms with Crippen LogP contribution < -0.4 is 10.1 Å². The fourth-order valence-electron chi connectivity index (χ4n) is 1.95. The van der Waals surface area contributed by atoms with Crippen molar-refractivity contribution in [2.75, 3.05) is 13.7 Å². The van der Waals surface area contributed by atoms with E-state index in [1.165, 1.54) is 6.08 Å². The van der Waals surface area contributed by atoms with Crippen LogP contribution in [0.5, 0.6) is 5.75 Å². The lowest BCUT2D eigenvalue weighted by atomic mass is 10.0. The summed E-state index contributed by atoms with van der Waals surface area (Å²) in [5.74, 6) is 0.141. The summed E-state index contributed by atoms with van der Waals surface area (Å²) in [7, 11) is 1.66. The van der Waals surface area contributed by atoms with Gasteiger partial charge in [-0.15, -0.1) is 12.6 Å². The lowest BCUT2D eigenvalue weighted by Crippen LogP contribution is -2.17. The van der Waals surface area contributed by atoms with Crippen LogP contribution in [0.3, 0.4) is 0 Å². The first-order valence-electron chi connectivity index (χ1n) is 5.89. The van der Waals surface area contributed by atoms with Crippen molar-refractivity contribution in [2.24, 2.45) is 0 Å². The van der Waals surface area contributed by atoms with Crippen molar-refractivity contribution in [1.29, 1.82) is 0 Å². The summed E-state index contributed by atoms with van der Waals surface area (Å²) >= 11 is 16.3. The molecule has 1 atom stereocenters. The Morgan fingerprint density at radius 1 is 1.60 bits per heavy atom. The molecule has 4 nitrogen and oxygen atoms in total. The Hall–Kier alpha value is -0.880. The van der Waals surface area contributed by atoms with Crippen LogP contribution in [-0.2, 0) is 6.42 Å². The molecule has 0 radical (unpaired) electrons. The number of ketones is 1. The van der Waals surface area contributed by atoms with E-state index in [2.05, 4.69) is 17.9 Å². The van der Waals surface area contributed by atoms with Gasteiger partial charge in [-0.1, -0.05) is 23.2 Å². The van der Waals surface area contributed by atoms with Crippen molar-refractivity contribution < 1.29 is 14.6 Å². The van der Waals surface area contributed by atoms with Gasteiger partial charge in [0.15, 0.2) is 5.78 Å². The number of rotatable bonds is 4. The van der Waals surface area contributed by atoms with Crippen LogP contribution in [-0.4, -0.2) is 30.6 Å². The van der Waals surface area contributed by atoms with Crippen molar-refractivity contribution in [1.82, 2.24) is 5.32 Å². The topological polar surface area (TPSA) is 58.6 Å². The molecular weight excluding hydrogens is 321 g/mol. The van der Waals surface area contributed by atoms with E-state index in [1.807, 2.05) is 0 Å². The Morgan fingerprint density at radius 3 is 2.90 bits per heavy atom. The van der Waals surface area contributed by atoms with E-state index < -0.39 is 0 Å². The van der Waals surface area contributed by atoms with Crippen LogP contribution >= 0.6 is 35.8 Å². The van der Waals surface area contributed by atoms with E-state index in [0.717, 1.165) is 5.56 Å². The fourth-order valence-corrected chi connectivity index (χ4v) is 2.57. The molecule has 108 valence electrons. The van der Waals surface area contributed by atoms with Gasteiger partial charge in [0.25, 0.3) is 0 Å². The monoisotopic (exact) mass is 333 g/mol. The number of hydrogen-bond acceptors (Lipinski definition) is 5. The predicted molar refractivity (Wildman–Crippen MR) is 82.1 cm³/mol. The molecule has 0 fully saturated rings. The van der Waals surface area contributed by atoms with Crippen molar-refractivity contribution in [3.05, 3.63) is 38.3 Å². The first kappa shape index (κ1) is 15.5. The summed E-state index contributed by atoms with van der Waals surface area (Å²) in [6.45, 7) is -0.119. The second-order valence-corrected chi connectivity index (χ2v) is 5.55. The molecule has 1 heterocycles. The van der Waals surface area contributed by atoms with Gasteiger partial charge in [0.1, 0.15) is 16.9 Å². The highest BCUT2D eigenvalue weighted by Crippen LogP contribution is 2.42. The SMILES string of the molecule is CN/C(S)=C\C(=O)c1cc2c(c(Cl)c1Cl)OC(CO)C2. The minimum absolute atomic E-state index is 0.119. The number of carbonyl (C=O) groups excluding carboxylic acids is 1. The van der Waals surface area contributed by atoms with Crippen LogP contribution in [0.25, 0.3) is 0 Å². The lowest BCUT2D eigenvalue weighted by molar-refractivity contribution is 0.104. The van der Waals surface area contributed by atoms with Gasteiger partial charge in [0.05, 0.1) is 16.7 Å². The maximum Gasteiger partial charge on any atom is 0.189 e. The minimum atomic E-state index is -0.350. The molecule has 1 aromatic rings. The number of aliphatic hydroxyl groups excluding tert-OH is 1. The molecule has 0 spiro atoms. The summed E-state index contributed by atoms with van der Waals surface area (Å²) in [6.07, 6.45) is 1.47. The van der Waals surface area contributed by atoms with Gasteiger partial charge >= 0.3 is 0 Å². The van der Waals surface area contributed by atoms with Crippen LogP contribution in [0.2, 0.25) is 10.0 Å². The standard InChI is InChI=1S/C13H13Cl2NO3S/c1-16-10(20)4-9(18)8-3-6-2-7(5-17)19-13(6)12(15)11(8)14/h3-4,7,16-17,20H,2,5H2,1H3/b10-4+. The van der Waals surface area contributed by atoms with Gasteiger partial charge in [-0.3, -0.25) is 4.79 Å². The zero-order valence-electron chi connectivity index (χ0n) is 10.6. The molecule has 7 heteroatoms. The molecule has 0 aromatic heterocycles. The number of carbonyl (C=O) groups is 1. The molecule has 1 aromatic carbocycles. The van der Waals surface area contributed by atoms with Crippen molar-refractivity contribution in [3.63, 3.8) is 0 Å². The number of nitrogens with one attached hydrogen (secondary N) is 1. The molecule has 0 amide bonds. The first-order valence-corrected chi connectivity index (χ1v) is 7.09. The van der Waals surface area contributed by atoms with Crippen LogP contribution in [0.4, 0.5) is 0 Å². The molecule has 0 bridgehead atoms. The van der Waals surface area contributed by atoms with E-state index in [4.69, 9.17) is 33.0 Å². The molecule has 1 aliphatic rings. The maximum absolute atomic E-state index is 12.1. The smallest absolute Gasteiger partial charge is 0.189 e. The summed E-state index contributed by atoms with van der Waals surface area (Å²) in [4.78, 5) is 12.1. The Bertz CT molecular complexity index is 589. The average Bonchev–Trinajstić information content (AvgIpc) is 2.85. The average molecular weight is 334 g/mol. The van der Waals surface area contributed by atoms with Crippen LogP contribution in [0.1, 0.15) is 15.9 Å². The fraction of sp³-hybridized carbons (Fsp3) is 0.308. The van der Waals surface area contributed by atoms with Crippen LogP contribution in [0.15, 0.2) is 17.2 Å². The van der Waals surface area contributed by atoms with Gasteiger partial charge < -0.3 is 15.2 Å². The number of ether oxygens (including phenoxy) is 1. The highest BCUT2D eigenvalue weighted by Gasteiger charge is 2.28. The number of halogens is 2. The van der Waals surface area contributed by atoms with E-state index in [-0.39, 0.29) is 28.5 Å². The number of allylic oxidation sites excluding steroid dienone is 1. The van der Waals surface area contributed by atoms with E-state index in [1.54, 1.807) is 13.1 Å². The lowest BCUT2D eigenvalue weighted by Gasteiger charge is -2.09. The van der Waals surface area contributed by atoms with E-state index in [9.17, 15) is 4.79 Å². The summed E-state index contributed by atoms with van der Waals surface area (Å²) in [5, 5.41) is 12.6. The van der Waals surface area contributed by atoms with E-state index in [0.29, 0.717) is 22.8 Å². The van der Waals surface area contributed by atoms with Crippen LogP contribution in [0, 0.1) is 0 Å². The zero-order valence-corrected chi connectivity index (χ0v) is 13.0. The summed E-state index contributed by atoms with van der Waals surface area (Å²) < 4.78 is 5.48. The molecule has 2 N–H and O–H groups in total. The number of fused-ring (bicyclic) bond motifs is 1. The van der Waals surface area contributed by atoms with Gasteiger partial charge in [-0.05, 0) is 6.07 Å². The molecule has 0 saturated carbocycles. The summed E-state index contributed by atoms with van der Waals surface area (Å²) in [5.41, 5.74) is 1.06.